The van der Waals surface area contributed by atoms with Gasteiger partial charge in [0.1, 0.15) is 0 Å². The zero-order chi connectivity index (χ0) is 11.9. The van der Waals surface area contributed by atoms with Crippen molar-refractivity contribution in [3.05, 3.63) is 48.0 Å². The standard InChI is InChI=1S/C7H6N4S.C3H4N2/c12-7-9-6(10-11-7)5-2-1-3-8-4-5;1-2-5-3-4-1/h1-4H,(H2,9,10,11,12);1-3H,(H,4,5). The minimum atomic E-state index is 0.453. The fourth-order valence-corrected chi connectivity index (χ4v) is 1.27. The molecule has 0 saturated carbocycles. The van der Waals surface area contributed by atoms with Crippen molar-refractivity contribution in [2.45, 2.75) is 0 Å². The molecule has 7 heteroatoms. The monoisotopic (exact) mass is 246 g/mol. The molecule has 0 unspecified atom stereocenters. The molecule has 0 amide bonds. The van der Waals surface area contributed by atoms with Gasteiger partial charge in [0.25, 0.3) is 0 Å². The second-order valence-electron chi connectivity index (χ2n) is 3.02. The Labute approximate surface area is 102 Å². The van der Waals surface area contributed by atoms with E-state index in [1.165, 1.54) is 0 Å². The van der Waals surface area contributed by atoms with Crippen molar-refractivity contribution in [1.29, 1.82) is 0 Å². The van der Waals surface area contributed by atoms with Gasteiger partial charge < -0.3 is 4.98 Å². The van der Waals surface area contributed by atoms with Crippen molar-refractivity contribution in [3.8, 4) is 11.4 Å². The molecule has 17 heavy (non-hydrogen) atoms. The number of hydrogen-bond acceptors (Lipinski definition) is 4. The van der Waals surface area contributed by atoms with Crippen LogP contribution >= 0.6 is 12.2 Å². The predicted octanol–water partition coefficient (Wildman–Crippen LogP) is 1.94. The van der Waals surface area contributed by atoms with Crippen LogP contribution in [0.5, 0.6) is 0 Å². The van der Waals surface area contributed by atoms with E-state index >= 15 is 0 Å². The van der Waals surface area contributed by atoms with Crippen LogP contribution in [0.1, 0.15) is 0 Å². The van der Waals surface area contributed by atoms with Gasteiger partial charge in [-0.25, -0.2) is 4.98 Å². The Morgan fingerprint density at radius 2 is 2.06 bits per heavy atom. The Kier molecular flexibility index (Phi) is 3.77. The first-order valence-corrected chi connectivity index (χ1v) is 5.25. The Bertz CT molecular complexity index is 565. The Morgan fingerprint density at radius 1 is 1.12 bits per heavy atom. The molecule has 0 atom stereocenters. The van der Waals surface area contributed by atoms with Gasteiger partial charge in [-0.05, 0) is 24.4 Å². The first kappa shape index (κ1) is 11.2. The second kappa shape index (κ2) is 5.71. The molecule has 0 bridgehead atoms. The lowest BCUT2D eigenvalue weighted by Crippen LogP contribution is -1.80. The van der Waals surface area contributed by atoms with E-state index in [0.717, 1.165) is 5.56 Å². The number of H-pyrrole nitrogens is 3. The topological polar surface area (TPSA) is 86.0 Å². The minimum absolute atomic E-state index is 0.453. The third kappa shape index (κ3) is 3.35. The van der Waals surface area contributed by atoms with Crippen molar-refractivity contribution in [1.82, 2.24) is 30.1 Å². The molecule has 0 radical (unpaired) electrons. The van der Waals surface area contributed by atoms with E-state index in [2.05, 4.69) is 30.1 Å². The summed E-state index contributed by atoms with van der Waals surface area (Å²) < 4.78 is 0.453. The molecular weight excluding hydrogens is 236 g/mol. The van der Waals surface area contributed by atoms with Crippen LogP contribution < -0.4 is 0 Å². The van der Waals surface area contributed by atoms with Crippen LogP contribution in [-0.4, -0.2) is 30.1 Å². The van der Waals surface area contributed by atoms with E-state index in [1.54, 1.807) is 31.1 Å². The van der Waals surface area contributed by atoms with E-state index in [9.17, 15) is 0 Å². The Hall–Kier alpha value is -2.28. The highest BCUT2D eigenvalue weighted by Gasteiger charge is 1.98. The summed E-state index contributed by atoms with van der Waals surface area (Å²) in [6, 6.07) is 3.76. The van der Waals surface area contributed by atoms with Gasteiger partial charge in [-0.3, -0.25) is 15.2 Å². The van der Waals surface area contributed by atoms with Gasteiger partial charge in [-0.15, -0.1) is 0 Å². The molecule has 3 heterocycles. The van der Waals surface area contributed by atoms with Crippen LogP contribution in [0.15, 0.2) is 43.2 Å². The highest BCUT2D eigenvalue weighted by atomic mass is 32.1. The van der Waals surface area contributed by atoms with Gasteiger partial charge in [0.15, 0.2) is 5.82 Å². The fraction of sp³-hybridized carbons (Fsp3) is 0. The SMILES string of the molecule is S=c1nc(-c2cccnc2)[nH][nH]1.c1c[nH]cn1. The molecule has 3 aromatic heterocycles. The molecular formula is C10H10N6S. The van der Waals surface area contributed by atoms with Crippen LogP contribution in [0, 0.1) is 4.77 Å². The average molecular weight is 246 g/mol. The third-order valence-electron chi connectivity index (χ3n) is 1.84. The number of hydrogen-bond donors (Lipinski definition) is 3. The van der Waals surface area contributed by atoms with E-state index < -0.39 is 0 Å². The van der Waals surface area contributed by atoms with Gasteiger partial charge >= 0.3 is 0 Å². The van der Waals surface area contributed by atoms with E-state index in [0.29, 0.717) is 10.6 Å². The minimum Gasteiger partial charge on any atom is -0.351 e. The van der Waals surface area contributed by atoms with Crippen LogP contribution in [-0.2, 0) is 0 Å². The molecule has 6 nitrogen and oxygen atoms in total. The molecule has 3 N–H and O–H groups in total. The van der Waals surface area contributed by atoms with Crippen molar-refractivity contribution >= 4 is 12.2 Å². The summed E-state index contributed by atoms with van der Waals surface area (Å²) in [7, 11) is 0. The van der Waals surface area contributed by atoms with Crippen molar-refractivity contribution < 1.29 is 0 Å². The largest absolute Gasteiger partial charge is 0.351 e. The van der Waals surface area contributed by atoms with Crippen molar-refractivity contribution in [2.75, 3.05) is 0 Å². The zero-order valence-corrected chi connectivity index (χ0v) is 9.61. The van der Waals surface area contributed by atoms with Crippen molar-refractivity contribution in [2.24, 2.45) is 0 Å². The quantitative estimate of drug-likeness (QED) is 0.573. The molecule has 0 aromatic carbocycles. The molecule has 3 rings (SSSR count). The summed E-state index contributed by atoms with van der Waals surface area (Å²) in [6.45, 7) is 0. The molecule has 0 aliphatic carbocycles. The molecule has 0 fully saturated rings. The van der Waals surface area contributed by atoms with Gasteiger partial charge in [0, 0.05) is 30.4 Å². The molecule has 0 aliphatic heterocycles. The van der Waals surface area contributed by atoms with Crippen LogP contribution in [0.4, 0.5) is 0 Å². The predicted molar refractivity (Wildman–Crippen MR) is 65.6 cm³/mol. The third-order valence-corrected chi connectivity index (χ3v) is 2.04. The first-order chi connectivity index (χ1) is 8.36. The highest BCUT2D eigenvalue weighted by molar-refractivity contribution is 7.71. The normalized spacial score (nSPS) is 9.41. The van der Waals surface area contributed by atoms with Crippen LogP contribution in [0.3, 0.4) is 0 Å². The average Bonchev–Trinajstić information content (AvgIpc) is 3.04. The highest BCUT2D eigenvalue weighted by Crippen LogP contribution is 2.10. The number of nitrogens with zero attached hydrogens (tertiary/aromatic N) is 3. The van der Waals surface area contributed by atoms with Gasteiger partial charge in [-0.2, -0.15) is 4.98 Å². The maximum Gasteiger partial charge on any atom is 0.213 e. The summed E-state index contributed by atoms with van der Waals surface area (Å²) in [4.78, 5) is 14.4. The van der Waals surface area contributed by atoms with E-state index in [4.69, 9.17) is 12.2 Å². The number of rotatable bonds is 1. The number of imidazole rings is 1. The number of aromatic amines is 3. The fourth-order valence-electron chi connectivity index (χ4n) is 1.12. The Morgan fingerprint density at radius 3 is 2.53 bits per heavy atom. The van der Waals surface area contributed by atoms with Crippen LogP contribution in [0.2, 0.25) is 0 Å². The lowest BCUT2D eigenvalue weighted by Gasteiger charge is -1.91. The molecule has 86 valence electrons. The summed E-state index contributed by atoms with van der Waals surface area (Å²) in [5, 5.41) is 5.56. The number of pyridine rings is 1. The van der Waals surface area contributed by atoms with Gasteiger partial charge in [0.2, 0.25) is 4.77 Å². The zero-order valence-electron chi connectivity index (χ0n) is 8.79. The maximum absolute atomic E-state index is 4.81. The second-order valence-corrected chi connectivity index (χ2v) is 3.40. The summed E-state index contributed by atoms with van der Waals surface area (Å²) in [5.41, 5.74) is 0.921. The van der Waals surface area contributed by atoms with Gasteiger partial charge in [-0.1, -0.05) is 0 Å². The first-order valence-electron chi connectivity index (χ1n) is 4.84. The lowest BCUT2D eigenvalue weighted by molar-refractivity contribution is 1.08. The van der Waals surface area contributed by atoms with E-state index in [-0.39, 0.29) is 0 Å². The number of nitrogens with one attached hydrogen (secondary N) is 3. The smallest absolute Gasteiger partial charge is 0.213 e. The molecule has 0 spiro atoms. The lowest BCUT2D eigenvalue weighted by atomic mass is 10.3. The summed E-state index contributed by atoms with van der Waals surface area (Å²) >= 11 is 4.81. The summed E-state index contributed by atoms with van der Waals surface area (Å²) in [5.74, 6) is 0.716. The van der Waals surface area contributed by atoms with Gasteiger partial charge in [0.05, 0.1) is 6.33 Å². The Balaban J connectivity index is 0.000000181. The molecule has 3 aromatic rings. The van der Waals surface area contributed by atoms with Crippen molar-refractivity contribution in [3.63, 3.8) is 0 Å². The number of aromatic nitrogens is 6. The van der Waals surface area contributed by atoms with Crippen LogP contribution in [0.25, 0.3) is 11.4 Å². The molecule has 0 saturated heterocycles. The summed E-state index contributed by atoms with van der Waals surface area (Å²) in [6.07, 6.45) is 8.52. The van der Waals surface area contributed by atoms with E-state index in [1.807, 2.05) is 12.1 Å². The maximum atomic E-state index is 4.81. The molecule has 0 aliphatic rings.